The van der Waals surface area contributed by atoms with Gasteiger partial charge in [-0.25, -0.2) is 9.78 Å². The number of fused-ring (bicyclic) bond motifs is 1. The Morgan fingerprint density at radius 3 is 2.23 bits per heavy atom. The molecule has 188 valence electrons. The highest BCUT2D eigenvalue weighted by Crippen LogP contribution is 2.39. The third kappa shape index (κ3) is 6.03. The lowest BCUT2D eigenvalue weighted by Crippen LogP contribution is -2.32. The molecule has 0 aliphatic heterocycles. The number of carboxylic acids is 1. The minimum atomic E-state index is -1.23. The van der Waals surface area contributed by atoms with Crippen LogP contribution in [-0.4, -0.2) is 38.5 Å². The van der Waals surface area contributed by atoms with Crippen LogP contribution in [0.15, 0.2) is 30.5 Å². The number of carboxylic acid groups (broad SMARTS) is 1. The third-order valence-electron chi connectivity index (χ3n) is 5.54. The second kappa shape index (κ2) is 9.63. The summed E-state index contributed by atoms with van der Waals surface area (Å²) in [4.78, 5) is 30.0. The molecule has 1 atom stereocenters. The maximum Gasteiger partial charge on any atom is 0.337 e. The summed E-state index contributed by atoms with van der Waals surface area (Å²) in [6.45, 7) is 15.8. The van der Waals surface area contributed by atoms with Crippen LogP contribution >= 0.6 is 11.6 Å². The van der Waals surface area contributed by atoms with Gasteiger partial charge in [-0.3, -0.25) is 4.79 Å². The smallest absolute Gasteiger partial charge is 0.337 e. The van der Waals surface area contributed by atoms with Crippen molar-refractivity contribution in [3.8, 4) is 11.1 Å². The van der Waals surface area contributed by atoms with Gasteiger partial charge in [0.1, 0.15) is 11.3 Å². The topological polar surface area (TPSA) is 92.9 Å². The van der Waals surface area contributed by atoms with Crippen molar-refractivity contribution in [1.29, 1.82) is 0 Å². The number of amides is 1. The summed E-state index contributed by atoms with van der Waals surface area (Å²) < 4.78 is 7.82. The molecule has 0 aliphatic carbocycles. The van der Waals surface area contributed by atoms with Crippen molar-refractivity contribution in [1.82, 2.24) is 14.7 Å². The first-order valence-electron chi connectivity index (χ1n) is 11.6. The number of imidazole rings is 1. The number of halogens is 1. The highest BCUT2D eigenvalue weighted by molar-refractivity contribution is 6.30. The molecule has 0 aliphatic rings. The first-order chi connectivity index (χ1) is 16.1. The zero-order valence-electron chi connectivity index (χ0n) is 21.6. The number of hydrogen-bond acceptors (Lipinski definition) is 4. The zero-order chi connectivity index (χ0) is 26.3. The van der Waals surface area contributed by atoms with Crippen molar-refractivity contribution >= 4 is 29.1 Å². The van der Waals surface area contributed by atoms with Gasteiger partial charge in [-0.2, -0.15) is 0 Å². The van der Waals surface area contributed by atoms with Crippen LogP contribution in [0.3, 0.4) is 0 Å². The molecule has 0 unspecified atom stereocenters. The highest BCUT2D eigenvalue weighted by Gasteiger charge is 2.33. The van der Waals surface area contributed by atoms with Crippen LogP contribution in [0.2, 0.25) is 5.02 Å². The standard InChI is InChI=1S/C27H34ClN3O4/c1-15-20(17-9-11-18(28)12-10-17)21(22(25(33)34)35-27(6,7)8)16(2)31-13-19(30-23(15)31)24(32)29-14-26(3,4)5/h9-13,22H,14H2,1-8H3,(H,29,32)(H,33,34)/t22-/m0/s1. The lowest BCUT2D eigenvalue weighted by Gasteiger charge is -2.29. The van der Waals surface area contributed by atoms with E-state index in [1.165, 1.54) is 0 Å². The van der Waals surface area contributed by atoms with Crippen LogP contribution in [-0.2, 0) is 9.53 Å². The van der Waals surface area contributed by atoms with Gasteiger partial charge >= 0.3 is 5.97 Å². The average Bonchev–Trinajstić information content (AvgIpc) is 3.19. The van der Waals surface area contributed by atoms with Gasteiger partial charge in [0.25, 0.3) is 5.91 Å². The van der Waals surface area contributed by atoms with Crippen molar-refractivity contribution in [2.24, 2.45) is 5.41 Å². The van der Waals surface area contributed by atoms with Crippen LogP contribution < -0.4 is 5.32 Å². The molecule has 0 radical (unpaired) electrons. The van der Waals surface area contributed by atoms with E-state index in [-0.39, 0.29) is 17.0 Å². The van der Waals surface area contributed by atoms with Gasteiger partial charge in [0.2, 0.25) is 0 Å². The fourth-order valence-corrected chi connectivity index (χ4v) is 4.09. The molecular formula is C27H34ClN3O4. The summed E-state index contributed by atoms with van der Waals surface area (Å²) in [5.41, 5.74) is 3.45. The predicted octanol–water partition coefficient (Wildman–Crippen LogP) is 5.99. The first-order valence-corrected chi connectivity index (χ1v) is 11.9. The van der Waals surface area contributed by atoms with E-state index >= 15 is 0 Å². The number of aromatic nitrogens is 2. The summed E-state index contributed by atoms with van der Waals surface area (Å²) >= 11 is 6.13. The van der Waals surface area contributed by atoms with Gasteiger partial charge < -0.3 is 19.6 Å². The Morgan fingerprint density at radius 1 is 1.11 bits per heavy atom. The highest BCUT2D eigenvalue weighted by atomic mass is 35.5. The molecule has 2 N–H and O–H groups in total. The molecular weight excluding hydrogens is 466 g/mol. The number of pyridine rings is 1. The van der Waals surface area contributed by atoms with Gasteiger partial charge in [0.15, 0.2) is 6.10 Å². The first kappa shape index (κ1) is 26.7. The fraction of sp³-hybridized carbons (Fsp3) is 0.444. The number of carbonyl (C=O) groups is 2. The monoisotopic (exact) mass is 499 g/mol. The molecule has 35 heavy (non-hydrogen) atoms. The van der Waals surface area contributed by atoms with E-state index in [9.17, 15) is 14.7 Å². The molecule has 0 spiro atoms. The minimum absolute atomic E-state index is 0.0748. The molecule has 2 heterocycles. The summed E-state index contributed by atoms with van der Waals surface area (Å²) in [5, 5.41) is 13.7. The lowest BCUT2D eigenvalue weighted by atomic mass is 9.91. The number of aliphatic carboxylic acids is 1. The third-order valence-corrected chi connectivity index (χ3v) is 5.79. The molecule has 3 aromatic rings. The molecule has 7 nitrogen and oxygen atoms in total. The van der Waals surface area contributed by atoms with E-state index in [0.29, 0.717) is 34.0 Å². The summed E-state index contributed by atoms with van der Waals surface area (Å²) in [5.74, 6) is -1.38. The normalized spacial score (nSPS) is 13.2. The number of nitrogens with one attached hydrogen (secondary N) is 1. The maximum atomic E-state index is 12.9. The Kier molecular flexibility index (Phi) is 7.34. The van der Waals surface area contributed by atoms with Crippen molar-refractivity contribution in [3.05, 3.63) is 58.0 Å². The van der Waals surface area contributed by atoms with Crippen LogP contribution in [0.1, 0.15) is 75.0 Å². The van der Waals surface area contributed by atoms with Crippen LogP contribution in [0.25, 0.3) is 16.8 Å². The van der Waals surface area contributed by atoms with Crippen LogP contribution in [0, 0.1) is 19.3 Å². The Hall–Kier alpha value is -2.90. The largest absolute Gasteiger partial charge is 0.479 e. The van der Waals surface area contributed by atoms with E-state index in [0.717, 1.165) is 11.1 Å². The molecule has 0 bridgehead atoms. The van der Waals surface area contributed by atoms with Gasteiger partial charge in [0.05, 0.1) is 5.60 Å². The number of carbonyl (C=O) groups excluding carboxylic acids is 1. The number of ether oxygens (including phenoxy) is 1. The Balaban J connectivity index is 2.29. The molecule has 1 amide bonds. The SMILES string of the molecule is Cc1c(-c2ccc(Cl)cc2)c([C@H](OC(C)(C)C)C(=O)O)c(C)n2cc(C(=O)NCC(C)(C)C)nc12. The van der Waals surface area contributed by atoms with Crippen molar-refractivity contribution in [2.45, 2.75) is 67.1 Å². The molecule has 0 fully saturated rings. The zero-order valence-corrected chi connectivity index (χ0v) is 22.4. The Morgan fingerprint density at radius 2 is 1.71 bits per heavy atom. The van der Waals surface area contributed by atoms with E-state index in [4.69, 9.17) is 16.3 Å². The van der Waals surface area contributed by atoms with Gasteiger partial charge in [-0.1, -0.05) is 44.5 Å². The maximum absolute atomic E-state index is 12.9. The Bertz CT molecular complexity index is 1270. The number of aryl methyl sites for hydroxylation is 2. The fourth-order valence-electron chi connectivity index (χ4n) is 3.97. The second-order valence-electron chi connectivity index (χ2n) is 11.0. The van der Waals surface area contributed by atoms with E-state index in [1.54, 1.807) is 22.7 Å². The summed E-state index contributed by atoms with van der Waals surface area (Å²) in [6.07, 6.45) is 0.421. The van der Waals surface area contributed by atoms with E-state index < -0.39 is 17.7 Å². The van der Waals surface area contributed by atoms with E-state index in [2.05, 4.69) is 10.3 Å². The summed E-state index contributed by atoms with van der Waals surface area (Å²) in [6, 6.07) is 7.22. The van der Waals surface area contributed by atoms with Crippen molar-refractivity contribution in [2.75, 3.05) is 6.54 Å². The van der Waals surface area contributed by atoms with Crippen LogP contribution in [0.5, 0.6) is 0 Å². The molecule has 0 saturated carbocycles. The molecule has 3 rings (SSSR count). The minimum Gasteiger partial charge on any atom is -0.479 e. The quantitative estimate of drug-likeness (QED) is 0.434. The van der Waals surface area contributed by atoms with Gasteiger partial charge in [-0.15, -0.1) is 0 Å². The lowest BCUT2D eigenvalue weighted by molar-refractivity contribution is -0.160. The molecule has 0 saturated heterocycles. The Labute approximate surface area is 211 Å². The predicted molar refractivity (Wildman–Crippen MR) is 138 cm³/mol. The van der Waals surface area contributed by atoms with E-state index in [1.807, 2.05) is 67.5 Å². The average molecular weight is 500 g/mol. The van der Waals surface area contributed by atoms with Crippen molar-refractivity contribution in [3.63, 3.8) is 0 Å². The summed E-state index contributed by atoms with van der Waals surface area (Å²) in [7, 11) is 0. The number of rotatable bonds is 6. The number of hydrogen-bond donors (Lipinski definition) is 2. The van der Waals surface area contributed by atoms with Gasteiger partial charge in [-0.05, 0) is 63.3 Å². The molecule has 1 aromatic carbocycles. The number of benzene rings is 1. The number of nitrogens with zero attached hydrogens (tertiary/aromatic N) is 2. The molecule has 2 aromatic heterocycles. The van der Waals surface area contributed by atoms with Gasteiger partial charge in [0, 0.05) is 34.6 Å². The second-order valence-corrected chi connectivity index (χ2v) is 11.5. The molecule has 8 heteroatoms. The van der Waals surface area contributed by atoms with Crippen molar-refractivity contribution < 1.29 is 19.4 Å². The van der Waals surface area contributed by atoms with Crippen LogP contribution in [0.4, 0.5) is 0 Å².